The van der Waals surface area contributed by atoms with Gasteiger partial charge in [0, 0.05) is 22.3 Å². The van der Waals surface area contributed by atoms with E-state index in [1.54, 1.807) is 28.9 Å². The van der Waals surface area contributed by atoms with Crippen molar-refractivity contribution in [2.24, 2.45) is 0 Å². The molecule has 0 aliphatic carbocycles. The second kappa shape index (κ2) is 9.71. The Kier molecular flexibility index (Phi) is 6.33. The summed E-state index contributed by atoms with van der Waals surface area (Å²) in [4.78, 5) is 17.3. The zero-order valence-electron chi connectivity index (χ0n) is 19.3. The highest BCUT2D eigenvalue weighted by Crippen LogP contribution is 2.31. The molecule has 0 spiro atoms. The Morgan fingerprint density at radius 3 is 2.60 bits per heavy atom. The van der Waals surface area contributed by atoms with Crippen LogP contribution in [0.5, 0.6) is 5.75 Å². The van der Waals surface area contributed by atoms with Crippen LogP contribution in [0.3, 0.4) is 0 Å². The van der Waals surface area contributed by atoms with Crippen LogP contribution in [0.1, 0.15) is 11.3 Å². The van der Waals surface area contributed by atoms with E-state index in [9.17, 15) is 4.79 Å². The molecule has 0 saturated carbocycles. The molecule has 0 saturated heterocycles. The molecule has 35 heavy (non-hydrogen) atoms. The largest absolute Gasteiger partial charge is 0.497 e. The van der Waals surface area contributed by atoms with Gasteiger partial charge in [-0.05, 0) is 53.9 Å². The SMILES string of the molecule is COc1ccc(-c2ccnc3c2c(C)nn3CC(=O)Nc2cnn(Cc3ccc(Br)cc3)c2)cc1. The Labute approximate surface area is 210 Å². The number of nitrogens with one attached hydrogen (secondary N) is 1. The molecule has 0 fully saturated rings. The standard InChI is InChI=1S/C26H23BrN6O2/c1-17-25-23(19-5-9-22(35-2)10-6-19)11-12-28-26(25)33(31-17)16-24(34)30-21-13-29-32(15-21)14-18-3-7-20(27)8-4-18/h3-13,15H,14,16H2,1-2H3,(H,30,34). The van der Waals surface area contributed by atoms with E-state index in [-0.39, 0.29) is 12.5 Å². The predicted octanol–water partition coefficient (Wildman–Crippen LogP) is 5.06. The Hall–Kier alpha value is -3.98. The van der Waals surface area contributed by atoms with Gasteiger partial charge in [0.05, 0.1) is 31.2 Å². The summed E-state index contributed by atoms with van der Waals surface area (Å²) in [5.41, 5.74) is 5.27. The minimum absolute atomic E-state index is 0.0430. The highest BCUT2D eigenvalue weighted by Gasteiger charge is 2.16. The molecule has 0 bridgehead atoms. The fourth-order valence-electron chi connectivity index (χ4n) is 4.03. The van der Waals surface area contributed by atoms with Crippen LogP contribution in [0.4, 0.5) is 5.69 Å². The highest BCUT2D eigenvalue weighted by molar-refractivity contribution is 9.10. The molecule has 9 heteroatoms. The maximum Gasteiger partial charge on any atom is 0.246 e. The van der Waals surface area contributed by atoms with Gasteiger partial charge >= 0.3 is 0 Å². The predicted molar refractivity (Wildman–Crippen MR) is 138 cm³/mol. The van der Waals surface area contributed by atoms with Gasteiger partial charge < -0.3 is 10.1 Å². The maximum absolute atomic E-state index is 12.8. The number of benzene rings is 2. The summed E-state index contributed by atoms with van der Waals surface area (Å²) < 4.78 is 9.72. The van der Waals surface area contributed by atoms with E-state index < -0.39 is 0 Å². The number of rotatable bonds is 7. The van der Waals surface area contributed by atoms with Gasteiger partial charge in [0.25, 0.3) is 0 Å². The van der Waals surface area contributed by atoms with Gasteiger partial charge in [0.2, 0.25) is 5.91 Å². The van der Waals surface area contributed by atoms with E-state index >= 15 is 0 Å². The molecule has 0 atom stereocenters. The number of aryl methyl sites for hydroxylation is 1. The molecular weight excluding hydrogens is 508 g/mol. The molecule has 1 amide bonds. The van der Waals surface area contributed by atoms with E-state index in [4.69, 9.17) is 4.74 Å². The van der Waals surface area contributed by atoms with Crippen LogP contribution in [0.2, 0.25) is 0 Å². The summed E-state index contributed by atoms with van der Waals surface area (Å²) in [6, 6.07) is 17.9. The molecule has 8 nitrogen and oxygen atoms in total. The average molecular weight is 531 g/mol. The van der Waals surface area contributed by atoms with Crippen LogP contribution in [0, 0.1) is 6.92 Å². The van der Waals surface area contributed by atoms with E-state index in [2.05, 4.69) is 36.4 Å². The van der Waals surface area contributed by atoms with Gasteiger partial charge in [0.15, 0.2) is 5.65 Å². The lowest BCUT2D eigenvalue weighted by Crippen LogP contribution is -2.19. The number of ether oxygens (including phenoxy) is 1. The van der Waals surface area contributed by atoms with E-state index in [1.165, 1.54) is 0 Å². The number of amides is 1. The van der Waals surface area contributed by atoms with Gasteiger partial charge in [-0.1, -0.05) is 40.2 Å². The summed E-state index contributed by atoms with van der Waals surface area (Å²) in [5, 5.41) is 12.8. The molecule has 0 unspecified atom stereocenters. The van der Waals surface area contributed by atoms with E-state index in [1.807, 2.05) is 67.7 Å². The Balaban J connectivity index is 1.32. The van der Waals surface area contributed by atoms with Crippen molar-refractivity contribution in [2.45, 2.75) is 20.0 Å². The zero-order valence-corrected chi connectivity index (χ0v) is 20.9. The number of carbonyl (C=O) groups is 1. The van der Waals surface area contributed by atoms with E-state index in [0.717, 1.165) is 38.0 Å². The van der Waals surface area contributed by atoms with Crippen LogP contribution >= 0.6 is 15.9 Å². The lowest BCUT2D eigenvalue weighted by molar-refractivity contribution is -0.116. The minimum atomic E-state index is -0.200. The van der Waals surface area contributed by atoms with Crippen molar-refractivity contribution in [1.82, 2.24) is 24.5 Å². The van der Waals surface area contributed by atoms with Gasteiger partial charge in [-0.25, -0.2) is 9.67 Å². The second-order valence-corrected chi connectivity index (χ2v) is 9.05. The zero-order chi connectivity index (χ0) is 24.4. The molecule has 5 aromatic rings. The summed E-state index contributed by atoms with van der Waals surface area (Å²) >= 11 is 3.44. The normalized spacial score (nSPS) is 11.1. The summed E-state index contributed by atoms with van der Waals surface area (Å²) in [6.45, 7) is 2.59. The monoisotopic (exact) mass is 530 g/mol. The van der Waals surface area contributed by atoms with E-state index in [0.29, 0.717) is 17.9 Å². The van der Waals surface area contributed by atoms with Crippen molar-refractivity contribution in [3.05, 3.63) is 88.9 Å². The Bertz CT molecular complexity index is 1490. The number of carbonyl (C=O) groups excluding carboxylic acids is 1. The molecule has 3 heterocycles. The first-order valence-electron chi connectivity index (χ1n) is 11.0. The van der Waals surface area contributed by atoms with Crippen LogP contribution in [0.15, 0.2) is 77.7 Å². The lowest BCUT2D eigenvalue weighted by Gasteiger charge is -2.07. The van der Waals surface area contributed by atoms with Crippen molar-refractivity contribution in [1.29, 1.82) is 0 Å². The molecule has 3 aromatic heterocycles. The molecule has 0 aliphatic rings. The van der Waals surface area contributed by atoms with Crippen molar-refractivity contribution in [2.75, 3.05) is 12.4 Å². The van der Waals surface area contributed by atoms with Crippen LogP contribution in [0.25, 0.3) is 22.2 Å². The van der Waals surface area contributed by atoms with Crippen molar-refractivity contribution in [3.63, 3.8) is 0 Å². The smallest absolute Gasteiger partial charge is 0.246 e. The first-order chi connectivity index (χ1) is 17.0. The molecule has 2 aromatic carbocycles. The Morgan fingerprint density at radius 2 is 1.86 bits per heavy atom. The van der Waals surface area contributed by atoms with Crippen LogP contribution in [-0.2, 0) is 17.9 Å². The summed E-state index contributed by atoms with van der Waals surface area (Å²) in [6.07, 6.45) is 5.19. The number of nitrogens with zero attached hydrogens (tertiary/aromatic N) is 5. The van der Waals surface area contributed by atoms with Crippen molar-refractivity contribution in [3.8, 4) is 16.9 Å². The third-order valence-corrected chi connectivity index (χ3v) is 6.21. The average Bonchev–Trinajstić information content (AvgIpc) is 3.44. The third kappa shape index (κ3) is 4.95. The first-order valence-corrected chi connectivity index (χ1v) is 11.8. The van der Waals surface area contributed by atoms with Gasteiger partial charge in [-0.2, -0.15) is 10.2 Å². The number of methoxy groups -OCH3 is 1. The lowest BCUT2D eigenvalue weighted by atomic mass is 10.0. The molecule has 0 radical (unpaired) electrons. The highest BCUT2D eigenvalue weighted by atomic mass is 79.9. The number of fused-ring (bicyclic) bond motifs is 1. The van der Waals surface area contributed by atoms with Crippen molar-refractivity contribution >= 4 is 38.6 Å². The van der Waals surface area contributed by atoms with Gasteiger partial charge in [-0.15, -0.1) is 0 Å². The van der Waals surface area contributed by atoms with Crippen LogP contribution < -0.4 is 10.1 Å². The summed E-state index contributed by atoms with van der Waals surface area (Å²) in [7, 11) is 1.65. The Morgan fingerprint density at radius 1 is 1.09 bits per heavy atom. The molecule has 0 aliphatic heterocycles. The molecule has 176 valence electrons. The quantitative estimate of drug-likeness (QED) is 0.317. The number of aromatic nitrogens is 5. The number of anilines is 1. The number of pyridine rings is 1. The second-order valence-electron chi connectivity index (χ2n) is 8.13. The topological polar surface area (TPSA) is 86.9 Å². The van der Waals surface area contributed by atoms with Crippen molar-refractivity contribution < 1.29 is 9.53 Å². The van der Waals surface area contributed by atoms with Gasteiger partial charge in [-0.3, -0.25) is 9.48 Å². The van der Waals surface area contributed by atoms with Gasteiger partial charge in [0.1, 0.15) is 12.3 Å². The number of halogens is 1. The third-order valence-electron chi connectivity index (χ3n) is 5.68. The molecule has 1 N–H and O–H groups in total. The molecule has 5 rings (SSSR count). The number of hydrogen-bond acceptors (Lipinski definition) is 5. The molecular formula is C26H23BrN6O2. The fraction of sp³-hybridized carbons (Fsp3) is 0.154. The summed E-state index contributed by atoms with van der Waals surface area (Å²) in [5.74, 6) is 0.595. The fourth-order valence-corrected chi connectivity index (χ4v) is 4.30. The minimum Gasteiger partial charge on any atom is -0.497 e. The first kappa shape index (κ1) is 22.8. The van der Waals surface area contributed by atoms with Crippen LogP contribution in [-0.4, -0.2) is 37.6 Å². The number of hydrogen-bond donors (Lipinski definition) is 1. The maximum atomic E-state index is 12.8.